The zero-order chi connectivity index (χ0) is 31.3. The quantitative estimate of drug-likeness (QED) is 0.227. The van der Waals surface area contributed by atoms with Crippen molar-refractivity contribution in [1.29, 1.82) is 0 Å². The summed E-state index contributed by atoms with van der Waals surface area (Å²) < 4.78 is 6.48. The van der Waals surface area contributed by atoms with E-state index in [0.717, 1.165) is 11.1 Å². The third kappa shape index (κ3) is 5.59. The Hall–Kier alpha value is -2.31. The fourth-order valence-electron chi connectivity index (χ4n) is 7.13. The van der Waals surface area contributed by atoms with E-state index >= 15 is 4.79 Å². The Morgan fingerprint density at radius 1 is 1.05 bits per heavy atom. The molecule has 0 radical (unpaired) electrons. The predicted molar refractivity (Wildman–Crippen MR) is 162 cm³/mol. The minimum Gasteiger partial charge on any atom is -0.489 e. The van der Waals surface area contributed by atoms with Gasteiger partial charge in [0.1, 0.15) is 11.9 Å². The minimum atomic E-state index is -1.71. The van der Waals surface area contributed by atoms with E-state index in [0.29, 0.717) is 18.4 Å². The molecule has 6 nitrogen and oxygen atoms in total. The van der Waals surface area contributed by atoms with Crippen molar-refractivity contribution in [1.82, 2.24) is 0 Å². The highest BCUT2D eigenvalue weighted by atomic mass is 16.5. The van der Waals surface area contributed by atoms with Gasteiger partial charge in [-0.15, -0.1) is 0 Å². The predicted octanol–water partition coefficient (Wildman–Crippen LogP) is 6.61. The van der Waals surface area contributed by atoms with Crippen molar-refractivity contribution in [2.75, 3.05) is 0 Å². The van der Waals surface area contributed by atoms with Crippen molar-refractivity contribution in [3.05, 3.63) is 46.8 Å². The molecule has 0 aromatic carbocycles. The number of hydrogen-bond donors (Lipinski definition) is 2. The lowest BCUT2D eigenvalue weighted by Crippen LogP contribution is -2.69. The normalized spacial score (nSPS) is 31.9. The summed E-state index contributed by atoms with van der Waals surface area (Å²) in [6, 6.07) is 0. The van der Waals surface area contributed by atoms with Crippen molar-refractivity contribution in [3.8, 4) is 0 Å². The highest BCUT2D eigenvalue weighted by molar-refractivity contribution is 6.28. The SMILES string of the molecule is CC(C)=CCC[C@]1(C)[C@@H](/C=C/C(C)(C)O)C[C@]2(CC=C(C)C)C(=O)C3=C(O[C@H](C(C)(C)O)C3)[C@@]1(C(=O)C(C)C)C2=O. The number of aliphatic hydroxyl groups is 2. The highest BCUT2D eigenvalue weighted by Crippen LogP contribution is 2.69. The van der Waals surface area contributed by atoms with E-state index in [9.17, 15) is 19.8 Å². The summed E-state index contributed by atoms with van der Waals surface area (Å²) in [5.41, 5.74) is -4.01. The fraction of sp³-hybridized carbons (Fsp3) is 0.686. The topological polar surface area (TPSA) is 101 Å². The van der Waals surface area contributed by atoms with Crippen LogP contribution >= 0.6 is 0 Å². The summed E-state index contributed by atoms with van der Waals surface area (Å²) in [5, 5.41) is 21.7. The number of allylic oxidation sites excluding steroid dienone is 6. The zero-order valence-corrected chi connectivity index (χ0v) is 27.1. The van der Waals surface area contributed by atoms with Gasteiger partial charge in [-0.05, 0) is 87.0 Å². The maximum Gasteiger partial charge on any atom is 0.176 e. The van der Waals surface area contributed by atoms with Crippen LogP contribution in [0.15, 0.2) is 46.8 Å². The van der Waals surface area contributed by atoms with E-state index in [1.807, 2.05) is 46.8 Å². The molecule has 0 aromatic rings. The maximum atomic E-state index is 15.2. The lowest BCUT2D eigenvalue weighted by molar-refractivity contribution is -0.178. The number of fused-ring (bicyclic) bond motifs is 3. The van der Waals surface area contributed by atoms with Crippen molar-refractivity contribution in [2.24, 2.45) is 28.1 Å². The van der Waals surface area contributed by atoms with Crippen LogP contribution in [0.3, 0.4) is 0 Å². The Bertz CT molecular complexity index is 1210. The van der Waals surface area contributed by atoms with Crippen LogP contribution < -0.4 is 0 Å². The van der Waals surface area contributed by atoms with Gasteiger partial charge in [-0.3, -0.25) is 14.4 Å². The Morgan fingerprint density at radius 2 is 1.63 bits per heavy atom. The smallest absolute Gasteiger partial charge is 0.176 e. The molecule has 1 heterocycles. The van der Waals surface area contributed by atoms with Gasteiger partial charge in [0.25, 0.3) is 0 Å². The van der Waals surface area contributed by atoms with Gasteiger partial charge in [0.15, 0.2) is 22.8 Å². The van der Waals surface area contributed by atoms with Gasteiger partial charge in [0.05, 0.1) is 16.6 Å². The van der Waals surface area contributed by atoms with Gasteiger partial charge in [-0.1, -0.05) is 56.2 Å². The first-order valence-electron chi connectivity index (χ1n) is 15.1. The van der Waals surface area contributed by atoms with E-state index in [-0.39, 0.29) is 48.3 Å². The number of hydrogen-bond acceptors (Lipinski definition) is 6. The first-order valence-corrected chi connectivity index (χ1v) is 15.1. The second-order valence-electron chi connectivity index (χ2n) is 14.8. The van der Waals surface area contributed by atoms with Crippen LogP contribution in [0.5, 0.6) is 0 Å². The molecule has 3 aliphatic rings. The average Bonchev–Trinajstić information content (AvgIpc) is 3.28. The van der Waals surface area contributed by atoms with Crippen molar-refractivity contribution in [3.63, 3.8) is 0 Å². The minimum absolute atomic E-state index is 0.156. The Kier molecular flexibility index (Phi) is 8.97. The summed E-state index contributed by atoms with van der Waals surface area (Å²) in [5.74, 6) is -1.63. The third-order valence-electron chi connectivity index (χ3n) is 9.49. The number of Topliss-reactive ketones (excluding diaryl/α,β-unsaturated/α-hetero) is 3. The van der Waals surface area contributed by atoms with E-state index in [2.05, 4.69) is 6.08 Å². The summed E-state index contributed by atoms with van der Waals surface area (Å²) >= 11 is 0. The molecule has 0 spiro atoms. The van der Waals surface area contributed by atoms with Crippen LogP contribution in [0.1, 0.15) is 108 Å². The van der Waals surface area contributed by atoms with Crippen LogP contribution in [0, 0.1) is 28.1 Å². The van der Waals surface area contributed by atoms with Crippen LogP contribution in [-0.4, -0.2) is 44.9 Å². The first-order chi connectivity index (χ1) is 18.6. The molecular formula is C35H52O6. The second-order valence-corrected chi connectivity index (χ2v) is 14.8. The summed E-state index contributed by atoms with van der Waals surface area (Å²) in [7, 11) is 0. The maximum absolute atomic E-state index is 15.2. The number of rotatable bonds is 10. The van der Waals surface area contributed by atoms with Gasteiger partial charge in [0, 0.05) is 23.3 Å². The highest BCUT2D eigenvalue weighted by Gasteiger charge is 2.77. The summed E-state index contributed by atoms with van der Waals surface area (Å²) in [6.07, 6.45) is 8.67. The number of carbonyl (C=O) groups is 3. The molecule has 1 saturated carbocycles. The van der Waals surface area contributed by atoms with Crippen molar-refractivity contribution in [2.45, 2.75) is 126 Å². The van der Waals surface area contributed by atoms with Crippen molar-refractivity contribution >= 4 is 17.3 Å². The Morgan fingerprint density at radius 3 is 2.12 bits per heavy atom. The molecular weight excluding hydrogens is 516 g/mol. The largest absolute Gasteiger partial charge is 0.489 e. The molecule has 0 aromatic heterocycles. The molecule has 2 bridgehead atoms. The van der Waals surface area contributed by atoms with Crippen LogP contribution in [-0.2, 0) is 19.1 Å². The van der Waals surface area contributed by atoms with E-state index in [1.54, 1.807) is 47.6 Å². The van der Waals surface area contributed by atoms with E-state index in [4.69, 9.17) is 4.74 Å². The van der Waals surface area contributed by atoms with Crippen LogP contribution in [0.2, 0.25) is 0 Å². The third-order valence-corrected chi connectivity index (χ3v) is 9.49. The molecule has 1 fully saturated rings. The zero-order valence-electron chi connectivity index (χ0n) is 27.1. The van der Waals surface area contributed by atoms with Crippen LogP contribution in [0.25, 0.3) is 0 Å². The van der Waals surface area contributed by atoms with Gasteiger partial charge >= 0.3 is 0 Å². The van der Waals surface area contributed by atoms with Gasteiger partial charge in [0.2, 0.25) is 0 Å². The van der Waals surface area contributed by atoms with Crippen molar-refractivity contribution < 1.29 is 29.3 Å². The van der Waals surface area contributed by atoms with Gasteiger partial charge in [-0.25, -0.2) is 0 Å². The second kappa shape index (κ2) is 11.1. The molecule has 2 aliphatic carbocycles. The molecule has 3 rings (SSSR count). The molecule has 41 heavy (non-hydrogen) atoms. The molecule has 1 aliphatic heterocycles. The summed E-state index contributed by atoms with van der Waals surface area (Å²) in [6.45, 7) is 20.2. The fourth-order valence-corrected chi connectivity index (χ4v) is 7.13. The number of ketones is 3. The molecule has 0 unspecified atom stereocenters. The molecule has 5 atom stereocenters. The van der Waals surface area contributed by atoms with E-state index < -0.39 is 39.5 Å². The van der Waals surface area contributed by atoms with Gasteiger partial charge < -0.3 is 14.9 Å². The molecule has 2 N–H and O–H groups in total. The van der Waals surface area contributed by atoms with E-state index in [1.165, 1.54) is 0 Å². The lowest BCUT2D eigenvalue weighted by Gasteiger charge is -2.61. The monoisotopic (exact) mass is 568 g/mol. The number of carbonyl (C=O) groups excluding carboxylic acids is 3. The molecule has 0 amide bonds. The first kappa shape index (κ1) is 33.2. The Labute approximate surface area is 247 Å². The standard InChI is InChI=1S/C35H52O6/c1-21(2)13-12-16-33(11)24(15-17-31(7,8)39)20-34(18-14-22(3)4)28(37)25-19-26(32(9,10)40)41-29(25)35(33,30(34)38)27(36)23(5)6/h13-15,17,23-24,26,39-40H,12,16,18-20H2,1-11H3/b17-15+/t24-,26-,33+,34+,35-/m0/s1. The molecule has 6 heteroatoms. The number of ether oxygens (including phenoxy) is 1. The average molecular weight is 569 g/mol. The Balaban J connectivity index is 2.49. The molecule has 228 valence electrons. The van der Waals surface area contributed by atoms with Crippen LogP contribution in [0.4, 0.5) is 0 Å². The molecule has 0 saturated heterocycles. The van der Waals surface area contributed by atoms with Gasteiger partial charge in [-0.2, -0.15) is 0 Å². The lowest BCUT2D eigenvalue weighted by atomic mass is 9.38. The summed E-state index contributed by atoms with van der Waals surface area (Å²) in [4.78, 5) is 44.6.